The van der Waals surface area contributed by atoms with E-state index in [1.807, 2.05) is 11.7 Å². The average molecular weight is 243 g/mol. The highest BCUT2D eigenvalue weighted by molar-refractivity contribution is 7.99. The molecule has 0 spiro atoms. The van der Waals surface area contributed by atoms with Crippen LogP contribution in [0.1, 0.15) is 4.88 Å². The van der Waals surface area contributed by atoms with E-state index < -0.39 is 0 Å². The van der Waals surface area contributed by atoms with Crippen molar-refractivity contribution in [3.8, 4) is 0 Å². The van der Waals surface area contributed by atoms with Crippen molar-refractivity contribution >= 4 is 29.0 Å². The molecule has 1 aromatic rings. The minimum Gasteiger partial charge on any atom is -0.354 e. The lowest BCUT2D eigenvalue weighted by atomic mass is 10.3. The van der Waals surface area contributed by atoms with E-state index in [2.05, 4.69) is 15.6 Å². The van der Waals surface area contributed by atoms with Gasteiger partial charge >= 0.3 is 0 Å². The van der Waals surface area contributed by atoms with E-state index in [1.54, 1.807) is 23.1 Å². The van der Waals surface area contributed by atoms with Crippen molar-refractivity contribution in [2.24, 2.45) is 0 Å². The molecule has 82 valence electrons. The van der Waals surface area contributed by atoms with Crippen LogP contribution in [0.2, 0.25) is 0 Å². The van der Waals surface area contributed by atoms with Crippen LogP contribution in [0.25, 0.3) is 0 Å². The van der Waals surface area contributed by atoms with Gasteiger partial charge in [0.2, 0.25) is 5.91 Å². The molecule has 1 aromatic heterocycles. The van der Waals surface area contributed by atoms with Crippen molar-refractivity contribution in [1.29, 1.82) is 0 Å². The second-order valence-corrected chi connectivity index (χ2v) is 5.28. The molecule has 6 heteroatoms. The van der Waals surface area contributed by atoms with Crippen molar-refractivity contribution in [2.75, 3.05) is 18.2 Å². The van der Waals surface area contributed by atoms with Crippen molar-refractivity contribution in [3.05, 3.63) is 16.6 Å². The minimum absolute atomic E-state index is 0.00328. The second-order valence-electron chi connectivity index (χ2n) is 3.28. The summed E-state index contributed by atoms with van der Waals surface area (Å²) in [6, 6.07) is -0.00328. The van der Waals surface area contributed by atoms with Crippen LogP contribution in [-0.4, -0.2) is 35.1 Å². The van der Waals surface area contributed by atoms with E-state index in [0.717, 1.165) is 18.1 Å². The number of nitrogens with zero attached hydrogens (tertiary/aromatic N) is 1. The average Bonchev–Trinajstić information content (AvgIpc) is 2.90. The van der Waals surface area contributed by atoms with E-state index in [1.165, 1.54) is 4.88 Å². The number of carbonyl (C=O) groups excluding carboxylic acids is 1. The summed E-state index contributed by atoms with van der Waals surface area (Å²) in [5, 5.41) is 6.07. The summed E-state index contributed by atoms with van der Waals surface area (Å²) in [6.45, 7) is 0.698. The molecule has 15 heavy (non-hydrogen) atoms. The Labute approximate surface area is 96.9 Å². The number of aromatic nitrogens is 1. The molecule has 0 aliphatic carbocycles. The number of thioether (sulfide) groups is 1. The van der Waals surface area contributed by atoms with Gasteiger partial charge in [0.05, 0.1) is 11.6 Å². The predicted octanol–water partition coefficient (Wildman–Crippen LogP) is 0.464. The first-order valence-corrected chi connectivity index (χ1v) is 6.86. The second kappa shape index (κ2) is 5.48. The Kier molecular flexibility index (Phi) is 3.99. The Bertz CT molecular complexity index is 309. The molecular formula is C9H13N3OS2. The predicted molar refractivity (Wildman–Crippen MR) is 63.1 cm³/mol. The lowest BCUT2D eigenvalue weighted by Crippen LogP contribution is -2.42. The van der Waals surface area contributed by atoms with Gasteiger partial charge in [-0.2, -0.15) is 0 Å². The molecule has 1 aliphatic heterocycles. The van der Waals surface area contributed by atoms with Gasteiger partial charge in [0.15, 0.2) is 0 Å². The van der Waals surface area contributed by atoms with Crippen molar-refractivity contribution < 1.29 is 4.79 Å². The standard InChI is InChI=1S/C9H13N3OS2/c13-9(8-4-14-6-12-8)11-2-1-7-3-10-5-15-7/h3,5,8,12H,1-2,4,6H2,(H,11,13). The van der Waals surface area contributed by atoms with Crippen molar-refractivity contribution in [1.82, 2.24) is 15.6 Å². The first kappa shape index (κ1) is 10.9. The molecule has 4 nitrogen and oxygen atoms in total. The van der Waals surface area contributed by atoms with Gasteiger partial charge < -0.3 is 5.32 Å². The summed E-state index contributed by atoms with van der Waals surface area (Å²) in [5.74, 6) is 1.88. The fourth-order valence-electron chi connectivity index (χ4n) is 1.36. The summed E-state index contributed by atoms with van der Waals surface area (Å²) in [6.07, 6.45) is 2.72. The summed E-state index contributed by atoms with van der Waals surface area (Å²) >= 11 is 3.39. The van der Waals surface area contributed by atoms with Crippen LogP contribution in [-0.2, 0) is 11.2 Å². The number of amides is 1. The van der Waals surface area contributed by atoms with Gasteiger partial charge in [-0.3, -0.25) is 15.1 Å². The molecule has 0 radical (unpaired) electrons. The Morgan fingerprint density at radius 2 is 2.67 bits per heavy atom. The summed E-state index contributed by atoms with van der Waals surface area (Å²) < 4.78 is 0. The summed E-state index contributed by atoms with van der Waals surface area (Å²) in [5.41, 5.74) is 1.81. The van der Waals surface area contributed by atoms with Gasteiger partial charge in [-0.15, -0.1) is 23.1 Å². The normalized spacial score (nSPS) is 20.4. The third kappa shape index (κ3) is 3.19. The smallest absolute Gasteiger partial charge is 0.238 e. The number of thiazole rings is 1. The molecular weight excluding hydrogens is 230 g/mol. The molecule has 1 saturated heterocycles. The van der Waals surface area contributed by atoms with Crippen LogP contribution in [0.3, 0.4) is 0 Å². The van der Waals surface area contributed by atoms with E-state index >= 15 is 0 Å². The van der Waals surface area contributed by atoms with Crippen LogP contribution in [0.15, 0.2) is 11.7 Å². The number of rotatable bonds is 4. The summed E-state index contributed by atoms with van der Waals surface area (Å²) in [7, 11) is 0. The summed E-state index contributed by atoms with van der Waals surface area (Å²) in [4.78, 5) is 16.8. The topological polar surface area (TPSA) is 54.0 Å². The van der Waals surface area contributed by atoms with E-state index in [-0.39, 0.29) is 11.9 Å². The maximum atomic E-state index is 11.6. The van der Waals surface area contributed by atoms with E-state index in [4.69, 9.17) is 0 Å². The first-order valence-electron chi connectivity index (χ1n) is 4.82. The molecule has 0 saturated carbocycles. The first-order chi connectivity index (χ1) is 7.36. The zero-order valence-corrected chi connectivity index (χ0v) is 9.87. The minimum atomic E-state index is -0.00328. The van der Waals surface area contributed by atoms with Crippen LogP contribution >= 0.6 is 23.1 Å². The molecule has 0 bridgehead atoms. The fraction of sp³-hybridized carbons (Fsp3) is 0.556. The Morgan fingerprint density at radius 3 is 3.33 bits per heavy atom. The van der Waals surface area contributed by atoms with Gasteiger partial charge in [-0.1, -0.05) is 0 Å². The van der Waals surface area contributed by atoms with Gasteiger partial charge in [0.25, 0.3) is 0 Å². The van der Waals surface area contributed by atoms with Crippen LogP contribution < -0.4 is 10.6 Å². The zero-order chi connectivity index (χ0) is 10.5. The SMILES string of the molecule is O=C(NCCc1cncs1)C1CSCN1. The molecule has 2 N–H and O–H groups in total. The van der Waals surface area contributed by atoms with E-state index in [9.17, 15) is 4.79 Å². The Morgan fingerprint density at radius 1 is 1.73 bits per heavy atom. The van der Waals surface area contributed by atoms with E-state index in [0.29, 0.717) is 6.54 Å². The lowest BCUT2D eigenvalue weighted by molar-refractivity contribution is -0.122. The molecule has 1 atom stereocenters. The Balaban J connectivity index is 1.67. The van der Waals surface area contributed by atoms with Gasteiger partial charge in [-0.25, -0.2) is 0 Å². The largest absolute Gasteiger partial charge is 0.354 e. The number of nitrogens with one attached hydrogen (secondary N) is 2. The van der Waals surface area contributed by atoms with Crippen LogP contribution in [0.5, 0.6) is 0 Å². The molecule has 1 aliphatic rings. The molecule has 1 amide bonds. The monoisotopic (exact) mass is 243 g/mol. The van der Waals surface area contributed by atoms with Crippen LogP contribution in [0, 0.1) is 0 Å². The third-order valence-corrected chi connectivity index (χ3v) is 3.97. The Hall–Kier alpha value is -0.590. The van der Waals surface area contributed by atoms with Gasteiger partial charge in [0.1, 0.15) is 0 Å². The number of hydrogen-bond donors (Lipinski definition) is 2. The van der Waals surface area contributed by atoms with Gasteiger partial charge in [0, 0.05) is 35.7 Å². The molecule has 1 fully saturated rings. The fourth-order valence-corrected chi connectivity index (χ4v) is 2.90. The maximum absolute atomic E-state index is 11.6. The highest BCUT2D eigenvalue weighted by atomic mass is 32.2. The third-order valence-electron chi connectivity index (χ3n) is 2.19. The van der Waals surface area contributed by atoms with Crippen molar-refractivity contribution in [3.63, 3.8) is 0 Å². The van der Waals surface area contributed by atoms with Gasteiger partial charge in [-0.05, 0) is 0 Å². The quantitative estimate of drug-likeness (QED) is 0.807. The highest BCUT2D eigenvalue weighted by Gasteiger charge is 2.21. The lowest BCUT2D eigenvalue weighted by Gasteiger charge is -2.09. The van der Waals surface area contributed by atoms with Crippen LogP contribution in [0.4, 0.5) is 0 Å². The zero-order valence-electron chi connectivity index (χ0n) is 8.23. The van der Waals surface area contributed by atoms with Crippen molar-refractivity contribution in [2.45, 2.75) is 12.5 Å². The maximum Gasteiger partial charge on any atom is 0.238 e. The number of carbonyl (C=O) groups is 1. The molecule has 2 rings (SSSR count). The number of hydrogen-bond acceptors (Lipinski definition) is 5. The highest BCUT2D eigenvalue weighted by Crippen LogP contribution is 2.09. The molecule has 0 aromatic carbocycles. The molecule has 1 unspecified atom stereocenters. The molecule has 2 heterocycles.